The molecule has 26 heavy (non-hydrogen) atoms. The Labute approximate surface area is 163 Å². The molecule has 0 aromatic heterocycles. The summed E-state index contributed by atoms with van der Waals surface area (Å²) in [5, 5.41) is 0. The lowest BCUT2D eigenvalue weighted by Gasteiger charge is -2.32. The minimum absolute atomic E-state index is 0.715. The zero-order valence-electron chi connectivity index (χ0n) is 17.7. The molecule has 1 fully saturated rings. The Morgan fingerprint density at radius 3 is 1.69 bits per heavy atom. The molecule has 0 radical (unpaired) electrons. The van der Waals surface area contributed by atoms with E-state index >= 15 is 0 Å². The van der Waals surface area contributed by atoms with Gasteiger partial charge in [0.25, 0.3) is 10.1 Å². The fourth-order valence-corrected chi connectivity index (χ4v) is 3.64. The molecule has 0 amide bonds. The third kappa shape index (κ3) is 20.2. The van der Waals surface area contributed by atoms with Gasteiger partial charge in [0, 0.05) is 0 Å². The number of hydrogen-bond donors (Lipinski definition) is 1. The highest BCUT2D eigenvalue weighted by atomic mass is 32.2. The lowest BCUT2D eigenvalue weighted by molar-refractivity contribution is 0.174. The van der Waals surface area contributed by atoms with Crippen molar-refractivity contribution in [2.45, 2.75) is 104 Å². The molecule has 1 rings (SSSR count). The van der Waals surface area contributed by atoms with Gasteiger partial charge in [0.05, 0.1) is 6.26 Å². The van der Waals surface area contributed by atoms with Crippen LogP contribution in [0.1, 0.15) is 104 Å². The molecule has 4 nitrogen and oxygen atoms in total. The molecule has 158 valence electrons. The molecular weight excluding hydrogens is 346 g/mol. The fourth-order valence-electron chi connectivity index (χ4n) is 3.64. The molecule has 0 aromatic carbocycles. The van der Waals surface area contributed by atoms with E-state index in [1.54, 1.807) is 0 Å². The summed E-state index contributed by atoms with van der Waals surface area (Å²) in [5.41, 5.74) is 0. The van der Waals surface area contributed by atoms with Crippen molar-refractivity contribution in [2.75, 3.05) is 25.9 Å². The minimum atomic E-state index is -3.67. The highest BCUT2D eigenvalue weighted by Crippen LogP contribution is 2.22. The van der Waals surface area contributed by atoms with Gasteiger partial charge in [-0.2, -0.15) is 8.42 Å². The van der Waals surface area contributed by atoms with Gasteiger partial charge in [-0.15, -0.1) is 0 Å². The van der Waals surface area contributed by atoms with E-state index in [1.165, 1.54) is 110 Å². The zero-order valence-corrected chi connectivity index (χ0v) is 18.5. The predicted molar refractivity (Wildman–Crippen MR) is 113 cm³/mol. The number of hydrogen-bond acceptors (Lipinski definition) is 3. The van der Waals surface area contributed by atoms with Crippen LogP contribution in [0.15, 0.2) is 0 Å². The Kier molecular flexibility index (Phi) is 16.9. The smallest absolute Gasteiger partial charge is 0.261 e. The maximum Gasteiger partial charge on any atom is 0.261 e. The SMILES string of the molecule is CCCCCCCCCCCN1CCC(CCCC)CC1.CS(=O)(=O)O. The zero-order chi connectivity index (χ0) is 19.7. The van der Waals surface area contributed by atoms with Crippen LogP contribution in [0.25, 0.3) is 0 Å². The van der Waals surface area contributed by atoms with Gasteiger partial charge in [0.1, 0.15) is 0 Å². The van der Waals surface area contributed by atoms with Gasteiger partial charge in [-0.25, -0.2) is 0 Å². The average Bonchev–Trinajstić information content (AvgIpc) is 2.58. The molecule has 1 aliphatic heterocycles. The Morgan fingerprint density at radius 2 is 1.23 bits per heavy atom. The summed E-state index contributed by atoms with van der Waals surface area (Å²) in [5.74, 6) is 1.05. The van der Waals surface area contributed by atoms with Crippen molar-refractivity contribution in [2.24, 2.45) is 5.92 Å². The fraction of sp³-hybridized carbons (Fsp3) is 1.00. The number of unbranched alkanes of at least 4 members (excludes halogenated alkanes) is 9. The molecule has 0 unspecified atom stereocenters. The Bertz CT molecular complexity index is 382. The summed E-state index contributed by atoms with van der Waals surface area (Å²) in [6, 6.07) is 0. The van der Waals surface area contributed by atoms with E-state index < -0.39 is 10.1 Å². The van der Waals surface area contributed by atoms with Crippen molar-refractivity contribution >= 4 is 10.1 Å². The summed E-state index contributed by atoms with van der Waals surface area (Å²) in [6.45, 7) is 8.75. The highest BCUT2D eigenvalue weighted by molar-refractivity contribution is 7.85. The summed E-state index contributed by atoms with van der Waals surface area (Å²) in [6.07, 6.45) is 21.0. The molecule has 0 aliphatic carbocycles. The molecule has 1 aliphatic rings. The second kappa shape index (κ2) is 17.0. The van der Waals surface area contributed by atoms with Crippen molar-refractivity contribution < 1.29 is 13.0 Å². The molecule has 1 saturated heterocycles. The Morgan fingerprint density at radius 1 is 0.808 bits per heavy atom. The molecule has 1 heterocycles. The van der Waals surface area contributed by atoms with Gasteiger partial charge in [-0.3, -0.25) is 4.55 Å². The third-order valence-electron chi connectivity index (χ3n) is 5.25. The van der Waals surface area contributed by atoms with E-state index in [-0.39, 0.29) is 0 Å². The van der Waals surface area contributed by atoms with E-state index in [0.717, 1.165) is 5.92 Å². The van der Waals surface area contributed by atoms with Crippen LogP contribution in [0.4, 0.5) is 0 Å². The monoisotopic (exact) mass is 391 g/mol. The van der Waals surface area contributed by atoms with E-state index in [4.69, 9.17) is 4.55 Å². The number of likely N-dealkylation sites (tertiary alicyclic amines) is 1. The van der Waals surface area contributed by atoms with Crippen LogP contribution in [0.3, 0.4) is 0 Å². The van der Waals surface area contributed by atoms with Crippen LogP contribution < -0.4 is 0 Å². The first kappa shape index (κ1) is 25.9. The lowest BCUT2D eigenvalue weighted by Crippen LogP contribution is -2.34. The first-order valence-corrected chi connectivity index (χ1v) is 12.9. The van der Waals surface area contributed by atoms with Gasteiger partial charge in [0.15, 0.2) is 0 Å². The van der Waals surface area contributed by atoms with Crippen LogP contribution >= 0.6 is 0 Å². The maximum absolute atomic E-state index is 9.19. The largest absolute Gasteiger partial charge is 0.303 e. The number of nitrogens with zero attached hydrogens (tertiary/aromatic N) is 1. The summed E-state index contributed by atoms with van der Waals surface area (Å²) < 4.78 is 25.9. The summed E-state index contributed by atoms with van der Waals surface area (Å²) in [4.78, 5) is 2.73. The van der Waals surface area contributed by atoms with Gasteiger partial charge < -0.3 is 4.90 Å². The third-order valence-corrected chi connectivity index (χ3v) is 5.25. The van der Waals surface area contributed by atoms with Gasteiger partial charge >= 0.3 is 0 Å². The second-order valence-corrected chi connectivity index (χ2v) is 9.45. The van der Waals surface area contributed by atoms with Crippen LogP contribution in [0.2, 0.25) is 0 Å². The van der Waals surface area contributed by atoms with Gasteiger partial charge in [0.2, 0.25) is 0 Å². The number of piperidine rings is 1. The molecule has 0 saturated carbocycles. The van der Waals surface area contributed by atoms with E-state index in [1.807, 2.05) is 0 Å². The number of rotatable bonds is 13. The van der Waals surface area contributed by atoms with Crippen LogP contribution in [0.5, 0.6) is 0 Å². The minimum Gasteiger partial charge on any atom is -0.303 e. The van der Waals surface area contributed by atoms with E-state index in [2.05, 4.69) is 18.7 Å². The van der Waals surface area contributed by atoms with Crippen LogP contribution in [-0.4, -0.2) is 43.8 Å². The average molecular weight is 392 g/mol. The first-order chi connectivity index (χ1) is 12.4. The van der Waals surface area contributed by atoms with Crippen LogP contribution in [0, 0.1) is 5.92 Å². The predicted octanol–water partition coefficient (Wildman–Crippen LogP) is 5.92. The standard InChI is InChI=1S/C20H41N.CH4O3S/c1-3-5-7-8-9-10-11-12-13-17-21-18-15-20(16-19-21)14-6-4-2;1-5(2,3)4/h20H,3-19H2,1-2H3;1H3,(H,2,3,4). The summed E-state index contributed by atoms with van der Waals surface area (Å²) in [7, 11) is -3.67. The molecule has 1 N–H and O–H groups in total. The van der Waals surface area contributed by atoms with Crippen molar-refractivity contribution in [1.29, 1.82) is 0 Å². The van der Waals surface area contributed by atoms with E-state index in [9.17, 15) is 8.42 Å². The second-order valence-electron chi connectivity index (χ2n) is 7.99. The topological polar surface area (TPSA) is 57.6 Å². The highest BCUT2D eigenvalue weighted by Gasteiger charge is 2.17. The van der Waals surface area contributed by atoms with Crippen molar-refractivity contribution in [3.05, 3.63) is 0 Å². The molecule has 0 spiro atoms. The molecular formula is C21H45NO3S. The van der Waals surface area contributed by atoms with Crippen LogP contribution in [-0.2, 0) is 10.1 Å². The quantitative estimate of drug-likeness (QED) is 0.312. The van der Waals surface area contributed by atoms with Crippen molar-refractivity contribution in [3.8, 4) is 0 Å². The molecule has 0 aromatic rings. The molecule has 0 bridgehead atoms. The Hall–Kier alpha value is -0.130. The normalized spacial score (nSPS) is 16.3. The summed E-state index contributed by atoms with van der Waals surface area (Å²) >= 11 is 0. The van der Waals surface area contributed by atoms with Gasteiger partial charge in [-0.05, 0) is 44.8 Å². The van der Waals surface area contributed by atoms with Crippen molar-refractivity contribution in [1.82, 2.24) is 4.90 Å². The van der Waals surface area contributed by atoms with Gasteiger partial charge in [-0.1, -0.05) is 84.5 Å². The molecule has 0 atom stereocenters. The Balaban J connectivity index is 0.00000110. The van der Waals surface area contributed by atoms with Crippen molar-refractivity contribution in [3.63, 3.8) is 0 Å². The first-order valence-electron chi connectivity index (χ1n) is 11.0. The lowest BCUT2D eigenvalue weighted by atomic mass is 9.91. The maximum atomic E-state index is 9.19. The van der Waals surface area contributed by atoms with E-state index in [0.29, 0.717) is 6.26 Å². The molecule has 5 heteroatoms.